The third kappa shape index (κ3) is 3.80. The van der Waals surface area contributed by atoms with Crippen molar-refractivity contribution in [2.45, 2.75) is 31.8 Å². The fraction of sp³-hybridized carbons (Fsp3) is 0.562. The number of methoxy groups -OCH3 is 1. The van der Waals surface area contributed by atoms with Gasteiger partial charge in [0.25, 0.3) is 5.91 Å². The van der Waals surface area contributed by atoms with Crippen molar-refractivity contribution < 1.29 is 19.0 Å². The summed E-state index contributed by atoms with van der Waals surface area (Å²) in [5, 5.41) is 12.7. The number of hydrogen-bond acceptors (Lipinski definition) is 3. The molecule has 0 heterocycles. The van der Waals surface area contributed by atoms with Gasteiger partial charge in [0.1, 0.15) is 5.82 Å². The molecule has 5 heteroatoms. The molecule has 21 heavy (non-hydrogen) atoms. The molecular formula is C16H22FNO3. The standard InChI is InChI=1S/C16H22FNO3/c1-21-11-16(8-4-5-9-16)10-18-15(20)14(19)12-6-2-3-7-13(12)17/h2-3,6-7,14,19H,4-5,8-11H2,1H3,(H,18,20)/t14-/m1/s1. The van der Waals surface area contributed by atoms with Crippen molar-refractivity contribution in [3.8, 4) is 0 Å². The third-order valence-corrected chi connectivity index (χ3v) is 4.20. The Morgan fingerprint density at radius 2 is 2.10 bits per heavy atom. The van der Waals surface area contributed by atoms with E-state index in [-0.39, 0.29) is 11.0 Å². The summed E-state index contributed by atoms with van der Waals surface area (Å²) in [6.07, 6.45) is 2.75. The minimum atomic E-state index is -1.48. The number of carbonyl (C=O) groups excluding carboxylic acids is 1. The van der Waals surface area contributed by atoms with Crippen LogP contribution in [0.5, 0.6) is 0 Å². The van der Waals surface area contributed by atoms with E-state index in [1.807, 2.05) is 0 Å². The minimum absolute atomic E-state index is 0.00205. The fourth-order valence-corrected chi connectivity index (χ4v) is 3.01. The first kappa shape index (κ1) is 15.9. The summed E-state index contributed by atoms with van der Waals surface area (Å²) in [5.41, 5.74) is -0.0541. The predicted molar refractivity (Wildman–Crippen MR) is 77.1 cm³/mol. The van der Waals surface area contributed by atoms with Crippen LogP contribution in [0, 0.1) is 11.2 Å². The monoisotopic (exact) mass is 295 g/mol. The number of aliphatic hydroxyl groups is 1. The molecule has 1 saturated carbocycles. The van der Waals surface area contributed by atoms with E-state index < -0.39 is 17.8 Å². The van der Waals surface area contributed by atoms with Crippen LogP contribution in [0.3, 0.4) is 0 Å². The van der Waals surface area contributed by atoms with Crippen LogP contribution < -0.4 is 5.32 Å². The number of aliphatic hydroxyl groups excluding tert-OH is 1. The van der Waals surface area contributed by atoms with Crippen LogP contribution in [0.1, 0.15) is 37.4 Å². The maximum absolute atomic E-state index is 13.6. The average molecular weight is 295 g/mol. The lowest BCUT2D eigenvalue weighted by atomic mass is 9.87. The van der Waals surface area contributed by atoms with Crippen LogP contribution in [0.2, 0.25) is 0 Å². The van der Waals surface area contributed by atoms with Crippen LogP contribution in [-0.2, 0) is 9.53 Å². The zero-order valence-corrected chi connectivity index (χ0v) is 12.3. The highest BCUT2D eigenvalue weighted by atomic mass is 19.1. The molecule has 1 aliphatic rings. The highest BCUT2D eigenvalue weighted by Gasteiger charge is 2.35. The first-order chi connectivity index (χ1) is 10.1. The number of nitrogens with one attached hydrogen (secondary N) is 1. The summed E-state index contributed by atoms with van der Waals surface area (Å²) < 4.78 is 18.8. The SMILES string of the molecule is COCC1(CNC(=O)[C@H](O)c2ccccc2F)CCCC1. The second-order valence-electron chi connectivity index (χ2n) is 5.78. The molecule has 2 N–H and O–H groups in total. The Morgan fingerprint density at radius 1 is 1.43 bits per heavy atom. The minimum Gasteiger partial charge on any atom is -0.384 e. The summed E-state index contributed by atoms with van der Waals surface area (Å²) in [6.45, 7) is 1.04. The van der Waals surface area contributed by atoms with Gasteiger partial charge in [0, 0.05) is 24.6 Å². The first-order valence-corrected chi connectivity index (χ1v) is 7.27. The maximum Gasteiger partial charge on any atom is 0.253 e. The van der Waals surface area contributed by atoms with Crippen LogP contribution in [0.25, 0.3) is 0 Å². The molecule has 1 amide bonds. The van der Waals surface area contributed by atoms with Gasteiger partial charge in [-0.1, -0.05) is 31.0 Å². The van der Waals surface area contributed by atoms with E-state index in [0.29, 0.717) is 13.2 Å². The van der Waals surface area contributed by atoms with E-state index in [9.17, 15) is 14.3 Å². The molecular weight excluding hydrogens is 273 g/mol. The summed E-state index contributed by atoms with van der Waals surface area (Å²) >= 11 is 0. The smallest absolute Gasteiger partial charge is 0.253 e. The van der Waals surface area contributed by atoms with E-state index in [1.54, 1.807) is 13.2 Å². The predicted octanol–water partition coefficient (Wildman–Crippen LogP) is 2.18. The van der Waals surface area contributed by atoms with Crippen molar-refractivity contribution in [3.63, 3.8) is 0 Å². The van der Waals surface area contributed by atoms with E-state index in [4.69, 9.17) is 4.74 Å². The number of hydrogen-bond donors (Lipinski definition) is 2. The highest BCUT2D eigenvalue weighted by molar-refractivity contribution is 5.82. The van der Waals surface area contributed by atoms with Gasteiger partial charge in [0.05, 0.1) is 6.61 Å². The molecule has 0 bridgehead atoms. The number of halogens is 1. The maximum atomic E-state index is 13.6. The van der Waals surface area contributed by atoms with E-state index in [0.717, 1.165) is 25.7 Å². The van der Waals surface area contributed by atoms with Crippen molar-refractivity contribution in [1.29, 1.82) is 0 Å². The molecule has 1 fully saturated rings. The third-order valence-electron chi connectivity index (χ3n) is 4.20. The lowest BCUT2D eigenvalue weighted by Crippen LogP contribution is -2.40. The van der Waals surface area contributed by atoms with Crippen LogP contribution in [0.15, 0.2) is 24.3 Å². The van der Waals surface area contributed by atoms with E-state index in [2.05, 4.69) is 5.32 Å². The molecule has 1 aromatic rings. The molecule has 0 aromatic heterocycles. The second kappa shape index (κ2) is 7.00. The summed E-state index contributed by atoms with van der Waals surface area (Å²) in [6, 6.07) is 5.77. The first-order valence-electron chi connectivity index (χ1n) is 7.27. The Balaban J connectivity index is 1.96. The number of carbonyl (C=O) groups is 1. The zero-order chi connectivity index (χ0) is 15.3. The zero-order valence-electron chi connectivity index (χ0n) is 12.3. The molecule has 116 valence electrons. The van der Waals surface area contributed by atoms with Gasteiger partial charge < -0.3 is 15.2 Å². The quantitative estimate of drug-likeness (QED) is 0.845. The Labute approximate surface area is 124 Å². The van der Waals surface area contributed by atoms with Gasteiger partial charge in [-0.3, -0.25) is 4.79 Å². The van der Waals surface area contributed by atoms with Gasteiger partial charge in [-0.05, 0) is 18.9 Å². The fourth-order valence-electron chi connectivity index (χ4n) is 3.01. The van der Waals surface area contributed by atoms with Crippen molar-refractivity contribution in [2.24, 2.45) is 5.41 Å². The van der Waals surface area contributed by atoms with Crippen molar-refractivity contribution in [1.82, 2.24) is 5.32 Å². The highest BCUT2D eigenvalue weighted by Crippen LogP contribution is 2.37. The molecule has 0 aliphatic heterocycles. The van der Waals surface area contributed by atoms with Gasteiger partial charge in [0.15, 0.2) is 6.10 Å². The Kier molecular flexibility index (Phi) is 5.31. The molecule has 4 nitrogen and oxygen atoms in total. The number of ether oxygens (including phenoxy) is 1. The Hall–Kier alpha value is -1.46. The number of rotatable bonds is 6. The largest absolute Gasteiger partial charge is 0.384 e. The molecule has 1 aromatic carbocycles. The lowest BCUT2D eigenvalue weighted by Gasteiger charge is -2.28. The topological polar surface area (TPSA) is 58.6 Å². The molecule has 0 spiro atoms. The van der Waals surface area contributed by atoms with E-state index >= 15 is 0 Å². The lowest BCUT2D eigenvalue weighted by molar-refractivity contribution is -0.130. The van der Waals surface area contributed by atoms with Gasteiger partial charge in [0.2, 0.25) is 0 Å². The Morgan fingerprint density at radius 3 is 2.71 bits per heavy atom. The molecule has 1 atom stereocenters. The number of amides is 1. The van der Waals surface area contributed by atoms with Gasteiger partial charge in [-0.2, -0.15) is 0 Å². The Bertz CT molecular complexity index is 486. The van der Waals surface area contributed by atoms with Crippen LogP contribution in [0.4, 0.5) is 4.39 Å². The molecule has 1 aliphatic carbocycles. The average Bonchev–Trinajstić information content (AvgIpc) is 2.94. The normalized spacial score (nSPS) is 18.4. The van der Waals surface area contributed by atoms with Crippen LogP contribution in [-0.4, -0.2) is 31.3 Å². The summed E-state index contributed by atoms with van der Waals surface area (Å²) in [5.74, 6) is -1.14. The number of benzene rings is 1. The van der Waals surface area contributed by atoms with Gasteiger partial charge >= 0.3 is 0 Å². The molecule has 0 radical (unpaired) electrons. The molecule has 0 unspecified atom stereocenters. The van der Waals surface area contributed by atoms with E-state index in [1.165, 1.54) is 18.2 Å². The van der Waals surface area contributed by atoms with Gasteiger partial charge in [-0.15, -0.1) is 0 Å². The summed E-state index contributed by atoms with van der Waals surface area (Å²) in [7, 11) is 1.65. The van der Waals surface area contributed by atoms with Crippen molar-refractivity contribution >= 4 is 5.91 Å². The van der Waals surface area contributed by atoms with Gasteiger partial charge in [-0.25, -0.2) is 4.39 Å². The van der Waals surface area contributed by atoms with Crippen molar-refractivity contribution in [2.75, 3.05) is 20.3 Å². The van der Waals surface area contributed by atoms with Crippen LogP contribution >= 0.6 is 0 Å². The molecule has 0 saturated heterocycles. The second-order valence-corrected chi connectivity index (χ2v) is 5.78. The van der Waals surface area contributed by atoms with Crippen molar-refractivity contribution in [3.05, 3.63) is 35.6 Å². The summed E-state index contributed by atoms with van der Waals surface area (Å²) in [4.78, 5) is 12.0. The molecule has 2 rings (SSSR count).